The first-order valence-corrected chi connectivity index (χ1v) is 6.38. The Morgan fingerprint density at radius 3 is 2.80 bits per heavy atom. The summed E-state index contributed by atoms with van der Waals surface area (Å²) in [5.74, 6) is 0. The maximum atomic E-state index is 5.73. The van der Waals surface area contributed by atoms with Gasteiger partial charge in [0, 0.05) is 17.1 Å². The zero-order valence-corrected chi connectivity index (χ0v) is 10.0. The van der Waals surface area contributed by atoms with Gasteiger partial charge >= 0.3 is 0 Å². The van der Waals surface area contributed by atoms with E-state index in [9.17, 15) is 0 Å². The second kappa shape index (κ2) is 4.79. The minimum absolute atomic E-state index is 0.00536. The first-order valence-electron chi connectivity index (χ1n) is 4.68. The summed E-state index contributed by atoms with van der Waals surface area (Å²) < 4.78 is 1.28. The molecule has 0 spiro atoms. The molecule has 1 atom stereocenters. The molecule has 15 heavy (non-hydrogen) atoms. The Morgan fingerprint density at radius 2 is 2.27 bits per heavy atom. The molecule has 0 bridgehead atoms. The van der Waals surface area contributed by atoms with Gasteiger partial charge in [-0.05, 0) is 30.5 Å². The van der Waals surface area contributed by atoms with Gasteiger partial charge in [-0.15, -0.1) is 11.3 Å². The number of nitrogens with two attached hydrogens (primary N) is 1. The van der Waals surface area contributed by atoms with E-state index in [1.807, 2.05) is 19.2 Å². The number of aromatic nitrogens is 1. The molecule has 0 saturated carbocycles. The van der Waals surface area contributed by atoms with Crippen molar-refractivity contribution in [2.24, 2.45) is 5.73 Å². The van der Waals surface area contributed by atoms with Crippen LogP contribution in [0, 0.1) is 0 Å². The van der Waals surface area contributed by atoms with Crippen LogP contribution >= 0.6 is 23.1 Å². The lowest BCUT2D eigenvalue weighted by molar-refractivity contribution is 0.777. The molecule has 2 N–H and O–H groups in total. The van der Waals surface area contributed by atoms with Gasteiger partial charge in [-0.2, -0.15) is 0 Å². The number of nitrogens with zero attached hydrogens (tertiary/aromatic N) is 1. The van der Waals surface area contributed by atoms with Crippen LogP contribution in [-0.4, -0.2) is 4.98 Å². The smallest absolute Gasteiger partial charge is 0.0646 e. The van der Waals surface area contributed by atoms with E-state index in [0.717, 1.165) is 10.6 Å². The Morgan fingerprint density at radius 1 is 1.40 bits per heavy atom. The van der Waals surface area contributed by atoms with Crippen molar-refractivity contribution in [2.75, 3.05) is 0 Å². The molecular formula is C11H12N2S2. The number of rotatable bonds is 3. The SMILES string of the molecule is C[C@@H](N)c1ccc(Sc2cccs2)cn1. The van der Waals surface area contributed by atoms with Gasteiger partial charge in [-0.25, -0.2) is 0 Å². The Balaban J connectivity index is 2.11. The Bertz CT molecular complexity index is 407. The standard InChI is InChI=1S/C11H12N2S2/c1-8(12)10-5-4-9(7-13-10)15-11-3-2-6-14-11/h2-8H,12H2,1H3/t8-/m1/s1. The Hall–Kier alpha value is -0.840. The summed E-state index contributed by atoms with van der Waals surface area (Å²) in [6.45, 7) is 1.94. The van der Waals surface area contributed by atoms with E-state index in [1.54, 1.807) is 23.1 Å². The fourth-order valence-electron chi connectivity index (χ4n) is 1.16. The van der Waals surface area contributed by atoms with Crippen LogP contribution in [0.5, 0.6) is 0 Å². The van der Waals surface area contributed by atoms with E-state index >= 15 is 0 Å². The van der Waals surface area contributed by atoms with E-state index in [1.165, 1.54) is 4.21 Å². The zero-order valence-electron chi connectivity index (χ0n) is 8.38. The number of hydrogen-bond donors (Lipinski definition) is 1. The number of hydrogen-bond acceptors (Lipinski definition) is 4. The van der Waals surface area contributed by atoms with Crippen molar-refractivity contribution in [3.05, 3.63) is 41.5 Å². The topological polar surface area (TPSA) is 38.9 Å². The monoisotopic (exact) mass is 236 g/mol. The molecule has 4 heteroatoms. The molecule has 0 amide bonds. The summed E-state index contributed by atoms with van der Waals surface area (Å²) >= 11 is 3.47. The maximum absolute atomic E-state index is 5.73. The predicted molar refractivity (Wildman–Crippen MR) is 65.3 cm³/mol. The second-order valence-electron chi connectivity index (χ2n) is 3.24. The number of pyridine rings is 1. The van der Waals surface area contributed by atoms with Gasteiger partial charge in [0.1, 0.15) is 0 Å². The van der Waals surface area contributed by atoms with Gasteiger partial charge in [0.25, 0.3) is 0 Å². The average molecular weight is 236 g/mol. The molecule has 0 aliphatic carbocycles. The fourth-order valence-corrected chi connectivity index (χ4v) is 2.88. The Kier molecular flexibility index (Phi) is 3.41. The quantitative estimate of drug-likeness (QED) is 0.888. The molecule has 2 nitrogen and oxygen atoms in total. The molecule has 2 heterocycles. The van der Waals surface area contributed by atoms with Gasteiger partial charge in [-0.1, -0.05) is 17.8 Å². The first kappa shape index (κ1) is 10.7. The molecule has 0 aromatic carbocycles. The zero-order chi connectivity index (χ0) is 10.7. The molecule has 0 aliphatic rings. The molecule has 0 fully saturated rings. The van der Waals surface area contributed by atoms with Crippen molar-refractivity contribution in [1.29, 1.82) is 0 Å². The highest BCUT2D eigenvalue weighted by Crippen LogP contribution is 2.30. The van der Waals surface area contributed by atoms with Crippen molar-refractivity contribution >= 4 is 23.1 Å². The summed E-state index contributed by atoms with van der Waals surface area (Å²) in [4.78, 5) is 5.47. The van der Waals surface area contributed by atoms with Crippen LogP contribution in [0.2, 0.25) is 0 Å². The molecule has 2 aromatic heterocycles. The highest BCUT2D eigenvalue weighted by molar-refractivity contribution is 8.01. The van der Waals surface area contributed by atoms with Crippen molar-refractivity contribution in [1.82, 2.24) is 4.98 Å². The highest BCUT2D eigenvalue weighted by atomic mass is 32.2. The first-order chi connectivity index (χ1) is 7.25. The van der Waals surface area contributed by atoms with Crippen LogP contribution in [0.4, 0.5) is 0 Å². The molecular weight excluding hydrogens is 224 g/mol. The van der Waals surface area contributed by atoms with Crippen LogP contribution in [0.25, 0.3) is 0 Å². The third-order valence-corrected chi connectivity index (χ3v) is 3.95. The van der Waals surface area contributed by atoms with E-state index in [-0.39, 0.29) is 6.04 Å². The van der Waals surface area contributed by atoms with E-state index in [4.69, 9.17) is 5.73 Å². The third kappa shape index (κ3) is 2.81. The molecule has 0 saturated heterocycles. The minimum Gasteiger partial charge on any atom is -0.323 e. The molecule has 2 rings (SSSR count). The summed E-state index contributed by atoms with van der Waals surface area (Å²) in [5.41, 5.74) is 6.67. The van der Waals surface area contributed by atoms with Crippen LogP contribution in [-0.2, 0) is 0 Å². The molecule has 0 unspecified atom stereocenters. The largest absolute Gasteiger partial charge is 0.323 e. The van der Waals surface area contributed by atoms with Crippen LogP contribution in [0.3, 0.4) is 0 Å². The second-order valence-corrected chi connectivity index (χ2v) is 5.56. The van der Waals surface area contributed by atoms with E-state index < -0.39 is 0 Å². The van der Waals surface area contributed by atoms with Crippen LogP contribution in [0.15, 0.2) is 44.9 Å². The lowest BCUT2D eigenvalue weighted by Crippen LogP contribution is -2.06. The highest BCUT2D eigenvalue weighted by Gasteiger charge is 2.02. The lowest BCUT2D eigenvalue weighted by Gasteiger charge is -2.04. The van der Waals surface area contributed by atoms with Gasteiger partial charge < -0.3 is 5.73 Å². The maximum Gasteiger partial charge on any atom is 0.0646 e. The summed E-state index contributed by atoms with van der Waals surface area (Å²) in [6.07, 6.45) is 1.88. The molecule has 0 radical (unpaired) electrons. The van der Waals surface area contributed by atoms with Gasteiger partial charge in [0.05, 0.1) is 9.90 Å². The number of thiophene rings is 1. The van der Waals surface area contributed by atoms with E-state index in [2.05, 4.69) is 28.6 Å². The Labute approximate surface area is 97.5 Å². The van der Waals surface area contributed by atoms with Crippen LogP contribution in [0.1, 0.15) is 18.7 Å². The molecule has 2 aromatic rings. The molecule has 78 valence electrons. The van der Waals surface area contributed by atoms with Crippen molar-refractivity contribution in [3.8, 4) is 0 Å². The van der Waals surface area contributed by atoms with Gasteiger partial charge in [0.2, 0.25) is 0 Å². The fraction of sp³-hybridized carbons (Fsp3) is 0.182. The summed E-state index contributed by atoms with van der Waals surface area (Å²) in [7, 11) is 0. The van der Waals surface area contributed by atoms with Crippen molar-refractivity contribution < 1.29 is 0 Å². The van der Waals surface area contributed by atoms with E-state index in [0.29, 0.717) is 0 Å². The lowest BCUT2D eigenvalue weighted by atomic mass is 10.2. The van der Waals surface area contributed by atoms with Gasteiger partial charge in [-0.3, -0.25) is 4.98 Å². The average Bonchev–Trinajstić information content (AvgIpc) is 2.71. The van der Waals surface area contributed by atoms with Crippen molar-refractivity contribution in [2.45, 2.75) is 22.1 Å². The van der Waals surface area contributed by atoms with Crippen LogP contribution < -0.4 is 5.73 Å². The molecule has 0 aliphatic heterocycles. The third-order valence-electron chi connectivity index (χ3n) is 1.94. The van der Waals surface area contributed by atoms with Gasteiger partial charge in [0.15, 0.2) is 0 Å². The minimum atomic E-state index is 0.00536. The normalized spacial score (nSPS) is 12.7. The summed E-state index contributed by atoms with van der Waals surface area (Å²) in [6, 6.07) is 8.22. The van der Waals surface area contributed by atoms with Crippen molar-refractivity contribution in [3.63, 3.8) is 0 Å². The predicted octanol–water partition coefficient (Wildman–Crippen LogP) is 3.31. The summed E-state index contributed by atoms with van der Waals surface area (Å²) in [5, 5.41) is 2.08.